The van der Waals surface area contributed by atoms with Crippen molar-refractivity contribution in [3.63, 3.8) is 0 Å². The Hall–Kier alpha value is -1.86. The number of aromatic nitrogens is 4. The van der Waals surface area contributed by atoms with Crippen LogP contribution in [0.5, 0.6) is 0 Å². The first-order valence-electron chi connectivity index (χ1n) is 8.73. The summed E-state index contributed by atoms with van der Waals surface area (Å²) in [4.78, 5) is 18.8. The van der Waals surface area contributed by atoms with Crippen LogP contribution in [-0.4, -0.2) is 56.9 Å². The molecule has 0 radical (unpaired) electrons. The predicted octanol–water partition coefficient (Wildman–Crippen LogP) is 2.75. The van der Waals surface area contributed by atoms with Gasteiger partial charge in [-0.05, 0) is 45.8 Å². The van der Waals surface area contributed by atoms with E-state index in [1.54, 1.807) is 19.3 Å². The molecule has 7 nitrogen and oxygen atoms in total. The molecule has 0 aliphatic carbocycles. The highest BCUT2D eigenvalue weighted by Crippen LogP contribution is 2.23. The van der Waals surface area contributed by atoms with Gasteiger partial charge in [-0.15, -0.1) is 12.4 Å². The Morgan fingerprint density at radius 1 is 1.24 bits per heavy atom. The molecule has 0 atom stereocenters. The van der Waals surface area contributed by atoms with Gasteiger partial charge in [0.05, 0.1) is 36.6 Å². The summed E-state index contributed by atoms with van der Waals surface area (Å²) in [7, 11) is 0. The highest BCUT2D eigenvalue weighted by molar-refractivity contribution is 5.94. The first-order chi connectivity index (χ1) is 11.8. The lowest BCUT2D eigenvalue weighted by Crippen LogP contribution is -2.31. The minimum Gasteiger partial charge on any atom is -0.461 e. The Morgan fingerprint density at radius 3 is 2.80 bits per heavy atom. The Bertz CT molecular complexity index is 664. The first kappa shape index (κ1) is 19.5. The van der Waals surface area contributed by atoms with Crippen molar-refractivity contribution >= 4 is 18.4 Å². The van der Waals surface area contributed by atoms with E-state index in [4.69, 9.17) is 4.74 Å². The third-order valence-corrected chi connectivity index (χ3v) is 4.43. The van der Waals surface area contributed by atoms with Crippen molar-refractivity contribution < 1.29 is 9.53 Å². The van der Waals surface area contributed by atoms with Crippen LogP contribution in [0.1, 0.15) is 43.1 Å². The van der Waals surface area contributed by atoms with Crippen LogP contribution < -0.4 is 0 Å². The molecule has 8 heteroatoms. The van der Waals surface area contributed by atoms with E-state index in [-0.39, 0.29) is 18.4 Å². The molecule has 1 fully saturated rings. The van der Waals surface area contributed by atoms with E-state index >= 15 is 0 Å². The number of aromatic amines is 1. The van der Waals surface area contributed by atoms with Crippen LogP contribution >= 0.6 is 12.4 Å². The van der Waals surface area contributed by atoms with Crippen molar-refractivity contribution in [2.75, 3.05) is 26.2 Å². The molecule has 25 heavy (non-hydrogen) atoms. The summed E-state index contributed by atoms with van der Waals surface area (Å²) in [6.07, 6.45) is 10.3. The van der Waals surface area contributed by atoms with Crippen LogP contribution in [0.2, 0.25) is 0 Å². The lowest BCUT2D eigenvalue weighted by molar-refractivity contribution is 0.0520. The van der Waals surface area contributed by atoms with Crippen molar-refractivity contribution in [2.24, 2.45) is 0 Å². The second kappa shape index (κ2) is 9.58. The number of likely N-dealkylation sites (tertiary alicyclic amines) is 1. The maximum Gasteiger partial charge on any atom is 0.357 e. The smallest absolute Gasteiger partial charge is 0.357 e. The molecular weight excluding hydrogens is 342 g/mol. The van der Waals surface area contributed by atoms with Gasteiger partial charge in [-0.3, -0.25) is 5.10 Å². The molecule has 1 saturated heterocycles. The van der Waals surface area contributed by atoms with Gasteiger partial charge in [0, 0.05) is 6.54 Å². The summed E-state index contributed by atoms with van der Waals surface area (Å²) in [5, 5.41) is 6.74. The van der Waals surface area contributed by atoms with Crippen LogP contribution in [0.25, 0.3) is 11.3 Å². The fraction of sp³-hybridized carbons (Fsp3) is 0.588. The number of carbonyl (C=O) groups is 1. The summed E-state index contributed by atoms with van der Waals surface area (Å²) in [6.45, 7) is 6.54. The fourth-order valence-electron chi connectivity index (χ4n) is 3.21. The molecule has 3 rings (SSSR count). The molecule has 0 bridgehead atoms. The molecule has 1 N–H and O–H groups in total. The molecule has 1 aliphatic heterocycles. The lowest BCUT2D eigenvalue weighted by atomic mass is 10.1. The number of hydrogen-bond acceptors (Lipinski definition) is 5. The number of esters is 1. The molecule has 3 heterocycles. The number of carbonyl (C=O) groups excluding carboxylic acids is 1. The lowest BCUT2D eigenvalue weighted by Gasteiger charge is -2.26. The van der Waals surface area contributed by atoms with Crippen LogP contribution in [0.4, 0.5) is 0 Å². The van der Waals surface area contributed by atoms with E-state index in [1.807, 2.05) is 6.33 Å². The van der Waals surface area contributed by atoms with E-state index in [0.717, 1.165) is 30.8 Å². The quantitative estimate of drug-likeness (QED) is 0.761. The maximum atomic E-state index is 12.0. The molecule has 2 aromatic rings. The average Bonchev–Trinajstić information content (AvgIpc) is 3.24. The topological polar surface area (TPSA) is 76.0 Å². The second-order valence-electron chi connectivity index (χ2n) is 6.11. The standard InChI is InChI=1S/C17H25N5O2.ClH/c1-2-24-17(23)16-14(11-19-20-16)15-12-18-13-22(15)10-6-9-21-7-4-3-5-8-21;/h11-13H,2-10H2,1H3,(H,19,20);1H. The Balaban J connectivity index is 0.00000225. The van der Waals surface area contributed by atoms with Crippen molar-refractivity contribution in [3.05, 3.63) is 24.4 Å². The molecule has 1 aliphatic rings. The molecular formula is C17H26ClN5O2. The number of rotatable bonds is 7. The molecule has 2 aromatic heterocycles. The molecule has 0 unspecified atom stereocenters. The van der Waals surface area contributed by atoms with Gasteiger partial charge in [-0.2, -0.15) is 5.10 Å². The van der Waals surface area contributed by atoms with Gasteiger partial charge in [-0.25, -0.2) is 9.78 Å². The number of nitrogens with one attached hydrogen (secondary N) is 1. The van der Waals surface area contributed by atoms with Crippen LogP contribution in [0, 0.1) is 0 Å². The van der Waals surface area contributed by atoms with Crippen LogP contribution in [-0.2, 0) is 11.3 Å². The van der Waals surface area contributed by atoms with Crippen molar-refractivity contribution in [3.8, 4) is 11.3 Å². The van der Waals surface area contributed by atoms with Gasteiger partial charge in [-0.1, -0.05) is 6.42 Å². The summed E-state index contributed by atoms with van der Waals surface area (Å²) in [5.74, 6) is -0.383. The maximum absolute atomic E-state index is 12.0. The van der Waals surface area contributed by atoms with Crippen LogP contribution in [0.15, 0.2) is 18.7 Å². The van der Waals surface area contributed by atoms with Gasteiger partial charge in [0.1, 0.15) is 0 Å². The third kappa shape index (κ3) is 4.83. The molecule has 0 amide bonds. The van der Waals surface area contributed by atoms with Gasteiger partial charge >= 0.3 is 5.97 Å². The number of aryl methyl sites for hydroxylation is 1. The monoisotopic (exact) mass is 367 g/mol. The number of hydrogen-bond donors (Lipinski definition) is 1. The summed E-state index contributed by atoms with van der Waals surface area (Å²) < 4.78 is 7.16. The number of ether oxygens (including phenoxy) is 1. The first-order valence-corrected chi connectivity index (χ1v) is 8.73. The van der Waals surface area contributed by atoms with E-state index in [9.17, 15) is 4.79 Å². The minimum atomic E-state index is -0.383. The van der Waals surface area contributed by atoms with E-state index in [1.165, 1.54) is 32.4 Å². The van der Waals surface area contributed by atoms with Gasteiger partial charge in [0.2, 0.25) is 0 Å². The van der Waals surface area contributed by atoms with Gasteiger partial charge in [0.25, 0.3) is 0 Å². The molecule has 0 aromatic carbocycles. The third-order valence-electron chi connectivity index (χ3n) is 4.43. The van der Waals surface area contributed by atoms with Gasteiger partial charge < -0.3 is 14.2 Å². The van der Waals surface area contributed by atoms with Crippen LogP contribution in [0.3, 0.4) is 0 Å². The highest BCUT2D eigenvalue weighted by Gasteiger charge is 2.19. The van der Waals surface area contributed by atoms with Crippen molar-refractivity contribution in [1.82, 2.24) is 24.6 Å². The van der Waals surface area contributed by atoms with Crippen molar-refractivity contribution in [2.45, 2.75) is 39.2 Å². The normalized spacial score (nSPS) is 14.9. The number of imidazole rings is 1. The molecule has 0 saturated carbocycles. The largest absolute Gasteiger partial charge is 0.461 e. The zero-order valence-electron chi connectivity index (χ0n) is 14.6. The molecule has 138 valence electrons. The number of halogens is 1. The number of nitrogens with zero attached hydrogens (tertiary/aromatic N) is 4. The SMILES string of the molecule is CCOC(=O)c1[nH]ncc1-c1cncn1CCCN1CCCCC1.Cl. The van der Waals surface area contributed by atoms with Crippen molar-refractivity contribution in [1.29, 1.82) is 0 Å². The predicted molar refractivity (Wildman–Crippen MR) is 97.9 cm³/mol. The average molecular weight is 368 g/mol. The highest BCUT2D eigenvalue weighted by atomic mass is 35.5. The number of H-pyrrole nitrogens is 1. The minimum absolute atomic E-state index is 0. The number of piperidine rings is 1. The van der Waals surface area contributed by atoms with Gasteiger partial charge in [0.15, 0.2) is 5.69 Å². The van der Waals surface area contributed by atoms with E-state index in [2.05, 4.69) is 24.6 Å². The Labute approximate surface area is 154 Å². The zero-order chi connectivity index (χ0) is 16.8. The Morgan fingerprint density at radius 2 is 2.04 bits per heavy atom. The Kier molecular flexibility index (Phi) is 7.46. The summed E-state index contributed by atoms with van der Waals surface area (Å²) in [5.41, 5.74) is 2.02. The summed E-state index contributed by atoms with van der Waals surface area (Å²) in [6, 6.07) is 0. The summed E-state index contributed by atoms with van der Waals surface area (Å²) >= 11 is 0. The second-order valence-corrected chi connectivity index (χ2v) is 6.11. The fourth-order valence-corrected chi connectivity index (χ4v) is 3.21. The van der Waals surface area contributed by atoms with E-state index < -0.39 is 0 Å². The zero-order valence-corrected chi connectivity index (χ0v) is 15.4. The molecule has 0 spiro atoms. The van der Waals surface area contributed by atoms with E-state index in [0.29, 0.717) is 12.3 Å².